The van der Waals surface area contributed by atoms with Gasteiger partial charge in [0.05, 0.1) is 24.5 Å². The van der Waals surface area contributed by atoms with Crippen LogP contribution in [0.15, 0.2) is 24.7 Å². The molecule has 1 aliphatic rings. The normalized spacial score (nSPS) is 16.4. The highest BCUT2D eigenvalue weighted by molar-refractivity contribution is 5.06. The van der Waals surface area contributed by atoms with Crippen molar-refractivity contribution in [3.8, 4) is 0 Å². The monoisotopic (exact) mass is 287 g/mol. The maximum atomic E-state index is 4.74. The first-order valence-corrected chi connectivity index (χ1v) is 8.11. The predicted molar refractivity (Wildman–Crippen MR) is 83.1 cm³/mol. The smallest absolute Gasteiger partial charge is 0.0849 e. The lowest BCUT2D eigenvalue weighted by Gasteiger charge is -2.21. The molecular formula is C16H25N5. The SMILES string of the molecule is CCNCc1cnn(Cc2ccn(C3CCCCC3)n2)c1. The summed E-state index contributed by atoms with van der Waals surface area (Å²) in [7, 11) is 0. The molecule has 0 aromatic carbocycles. The van der Waals surface area contributed by atoms with E-state index in [-0.39, 0.29) is 0 Å². The molecule has 0 aliphatic heterocycles. The van der Waals surface area contributed by atoms with Gasteiger partial charge in [0.1, 0.15) is 0 Å². The summed E-state index contributed by atoms with van der Waals surface area (Å²) in [5.74, 6) is 0. The average molecular weight is 287 g/mol. The van der Waals surface area contributed by atoms with Crippen LogP contribution in [0.25, 0.3) is 0 Å². The van der Waals surface area contributed by atoms with Gasteiger partial charge in [0.2, 0.25) is 0 Å². The van der Waals surface area contributed by atoms with Gasteiger partial charge in [0.25, 0.3) is 0 Å². The van der Waals surface area contributed by atoms with Crippen molar-refractivity contribution < 1.29 is 0 Å². The Kier molecular flexibility index (Phi) is 4.70. The number of nitrogens with one attached hydrogen (secondary N) is 1. The van der Waals surface area contributed by atoms with Crippen LogP contribution < -0.4 is 5.32 Å². The summed E-state index contributed by atoms with van der Waals surface area (Å²) in [4.78, 5) is 0. The maximum absolute atomic E-state index is 4.74. The molecule has 1 N–H and O–H groups in total. The summed E-state index contributed by atoms with van der Waals surface area (Å²) in [6.45, 7) is 4.73. The van der Waals surface area contributed by atoms with E-state index in [1.54, 1.807) is 0 Å². The molecule has 0 saturated heterocycles. The number of rotatable bonds is 6. The molecule has 3 rings (SSSR count). The molecule has 1 saturated carbocycles. The topological polar surface area (TPSA) is 47.7 Å². The molecule has 2 aromatic rings. The first-order chi connectivity index (χ1) is 10.3. The Balaban J connectivity index is 1.59. The molecule has 21 heavy (non-hydrogen) atoms. The molecule has 0 unspecified atom stereocenters. The van der Waals surface area contributed by atoms with Crippen LogP contribution in [0.4, 0.5) is 0 Å². The van der Waals surface area contributed by atoms with Crippen molar-refractivity contribution in [2.75, 3.05) is 6.54 Å². The molecule has 0 spiro atoms. The fraction of sp³-hybridized carbons (Fsp3) is 0.625. The second-order valence-corrected chi connectivity index (χ2v) is 5.91. The minimum Gasteiger partial charge on any atom is -0.313 e. The van der Waals surface area contributed by atoms with Crippen LogP contribution in [-0.4, -0.2) is 26.1 Å². The van der Waals surface area contributed by atoms with E-state index in [0.29, 0.717) is 6.04 Å². The highest BCUT2D eigenvalue weighted by Crippen LogP contribution is 2.27. The molecule has 5 heteroatoms. The largest absolute Gasteiger partial charge is 0.313 e. The van der Waals surface area contributed by atoms with Gasteiger partial charge in [-0.05, 0) is 25.5 Å². The molecule has 0 amide bonds. The first-order valence-electron chi connectivity index (χ1n) is 8.11. The third-order valence-corrected chi connectivity index (χ3v) is 4.20. The quantitative estimate of drug-likeness (QED) is 0.888. The molecular weight excluding hydrogens is 262 g/mol. The lowest BCUT2D eigenvalue weighted by Crippen LogP contribution is -2.14. The number of aromatic nitrogens is 4. The van der Waals surface area contributed by atoms with Crippen LogP contribution in [0.5, 0.6) is 0 Å². The average Bonchev–Trinajstić information content (AvgIpc) is 3.16. The van der Waals surface area contributed by atoms with Crippen molar-refractivity contribution in [1.29, 1.82) is 0 Å². The van der Waals surface area contributed by atoms with E-state index in [9.17, 15) is 0 Å². The van der Waals surface area contributed by atoms with Crippen LogP contribution in [0.2, 0.25) is 0 Å². The molecule has 1 fully saturated rings. The Labute approximate surface area is 126 Å². The van der Waals surface area contributed by atoms with E-state index in [4.69, 9.17) is 5.10 Å². The van der Waals surface area contributed by atoms with E-state index in [1.165, 1.54) is 37.7 Å². The van der Waals surface area contributed by atoms with Crippen molar-refractivity contribution in [3.05, 3.63) is 35.9 Å². The first kappa shape index (κ1) is 14.3. The van der Waals surface area contributed by atoms with Gasteiger partial charge in [0.15, 0.2) is 0 Å². The highest BCUT2D eigenvalue weighted by atomic mass is 15.3. The van der Waals surface area contributed by atoms with Gasteiger partial charge in [-0.25, -0.2) is 0 Å². The number of hydrogen-bond donors (Lipinski definition) is 1. The summed E-state index contributed by atoms with van der Waals surface area (Å²) in [5, 5.41) is 12.5. The summed E-state index contributed by atoms with van der Waals surface area (Å²) in [6.07, 6.45) is 12.8. The molecule has 2 aromatic heterocycles. The van der Waals surface area contributed by atoms with Crippen LogP contribution in [-0.2, 0) is 13.1 Å². The van der Waals surface area contributed by atoms with E-state index >= 15 is 0 Å². The van der Waals surface area contributed by atoms with E-state index in [2.05, 4.69) is 40.5 Å². The molecule has 0 radical (unpaired) electrons. The van der Waals surface area contributed by atoms with Crippen molar-refractivity contribution in [1.82, 2.24) is 24.9 Å². The standard InChI is InChI=1S/C16H25N5/c1-2-17-10-14-11-18-20(12-14)13-15-8-9-21(19-15)16-6-4-3-5-7-16/h8-9,11-12,16-17H,2-7,10,13H2,1H3. The van der Waals surface area contributed by atoms with Crippen LogP contribution in [0.3, 0.4) is 0 Å². The van der Waals surface area contributed by atoms with Crippen LogP contribution in [0, 0.1) is 0 Å². The molecule has 1 aliphatic carbocycles. The van der Waals surface area contributed by atoms with E-state index in [1.807, 2.05) is 10.9 Å². The van der Waals surface area contributed by atoms with Gasteiger partial charge in [-0.3, -0.25) is 9.36 Å². The van der Waals surface area contributed by atoms with E-state index < -0.39 is 0 Å². The second kappa shape index (κ2) is 6.89. The van der Waals surface area contributed by atoms with Crippen LogP contribution >= 0.6 is 0 Å². The Hall–Kier alpha value is -1.62. The minimum absolute atomic E-state index is 0.606. The summed E-state index contributed by atoms with van der Waals surface area (Å²) in [6, 6.07) is 2.73. The number of nitrogens with zero attached hydrogens (tertiary/aromatic N) is 4. The van der Waals surface area contributed by atoms with Crippen molar-refractivity contribution in [3.63, 3.8) is 0 Å². The van der Waals surface area contributed by atoms with Gasteiger partial charge >= 0.3 is 0 Å². The molecule has 5 nitrogen and oxygen atoms in total. The van der Waals surface area contributed by atoms with Gasteiger partial charge < -0.3 is 5.32 Å². The summed E-state index contributed by atoms with van der Waals surface area (Å²) < 4.78 is 4.14. The van der Waals surface area contributed by atoms with Crippen molar-refractivity contribution in [2.24, 2.45) is 0 Å². The molecule has 2 heterocycles. The van der Waals surface area contributed by atoms with Gasteiger partial charge in [-0.1, -0.05) is 26.2 Å². The fourth-order valence-corrected chi connectivity index (χ4v) is 3.03. The second-order valence-electron chi connectivity index (χ2n) is 5.91. The van der Waals surface area contributed by atoms with Crippen LogP contribution in [0.1, 0.15) is 56.3 Å². The Bertz CT molecular complexity index is 551. The Morgan fingerprint density at radius 2 is 2.14 bits per heavy atom. The Morgan fingerprint density at radius 1 is 1.29 bits per heavy atom. The van der Waals surface area contributed by atoms with Gasteiger partial charge in [0, 0.05) is 24.5 Å². The third-order valence-electron chi connectivity index (χ3n) is 4.20. The molecule has 0 atom stereocenters. The lowest BCUT2D eigenvalue weighted by atomic mass is 9.96. The third kappa shape index (κ3) is 3.73. The van der Waals surface area contributed by atoms with Crippen molar-refractivity contribution >= 4 is 0 Å². The van der Waals surface area contributed by atoms with E-state index in [0.717, 1.165) is 25.3 Å². The zero-order chi connectivity index (χ0) is 14.5. The zero-order valence-corrected chi connectivity index (χ0v) is 12.8. The molecule has 0 bridgehead atoms. The summed E-state index contributed by atoms with van der Waals surface area (Å²) in [5.41, 5.74) is 2.32. The maximum Gasteiger partial charge on any atom is 0.0849 e. The predicted octanol–water partition coefficient (Wildman–Crippen LogP) is 2.74. The minimum atomic E-state index is 0.606. The molecule has 114 valence electrons. The summed E-state index contributed by atoms with van der Waals surface area (Å²) >= 11 is 0. The van der Waals surface area contributed by atoms with Gasteiger partial charge in [-0.2, -0.15) is 10.2 Å². The zero-order valence-electron chi connectivity index (χ0n) is 12.8. The highest BCUT2D eigenvalue weighted by Gasteiger charge is 2.16. The van der Waals surface area contributed by atoms with Gasteiger partial charge in [-0.15, -0.1) is 0 Å². The lowest BCUT2D eigenvalue weighted by molar-refractivity contribution is 0.327. The Morgan fingerprint density at radius 3 is 2.95 bits per heavy atom. The number of hydrogen-bond acceptors (Lipinski definition) is 3. The fourth-order valence-electron chi connectivity index (χ4n) is 3.03. The van der Waals surface area contributed by atoms with Crippen molar-refractivity contribution in [2.45, 2.75) is 58.2 Å².